The molecule has 0 amide bonds. The van der Waals surface area contributed by atoms with E-state index in [2.05, 4.69) is 6.92 Å². The van der Waals surface area contributed by atoms with E-state index in [1.54, 1.807) is 0 Å². The van der Waals surface area contributed by atoms with Gasteiger partial charge in [0.25, 0.3) is 5.95 Å². The molecule has 0 fully saturated rings. The highest BCUT2D eigenvalue weighted by molar-refractivity contribution is 4.88. The molecule has 1 heterocycles. The Labute approximate surface area is 55.5 Å². The third-order valence-corrected chi connectivity index (χ3v) is 1.12. The highest BCUT2D eigenvalue weighted by Crippen LogP contribution is 2.09. The first-order chi connectivity index (χ1) is 4.43. The zero-order valence-electron chi connectivity index (χ0n) is 5.72. The second-order valence-corrected chi connectivity index (χ2v) is 2.01. The van der Waals surface area contributed by atoms with E-state index >= 15 is 0 Å². The smallest absolute Gasteiger partial charge is 0.275 e. The minimum Gasteiger partial charge on any atom is -0.466 e. The first-order valence-electron chi connectivity index (χ1n) is 3.39. The molecule has 1 aliphatic rings. The van der Waals surface area contributed by atoms with Gasteiger partial charge in [-0.05, 0) is 12.5 Å². The van der Waals surface area contributed by atoms with E-state index in [-0.39, 0.29) is 0 Å². The molecule has 0 unspecified atom stereocenters. The molecule has 1 aliphatic heterocycles. The molecule has 52 valence electrons. The Balaban J connectivity index is 2.11. The van der Waals surface area contributed by atoms with Gasteiger partial charge in [0.05, 0.1) is 13.2 Å². The van der Waals surface area contributed by atoms with E-state index in [4.69, 9.17) is 9.47 Å². The zero-order chi connectivity index (χ0) is 6.53. The minimum absolute atomic E-state index is 0.719. The van der Waals surface area contributed by atoms with Gasteiger partial charge in [-0.2, -0.15) is 0 Å². The maximum absolute atomic E-state index is 5.19. The molecule has 0 radical (unpaired) electrons. The van der Waals surface area contributed by atoms with E-state index in [1.807, 2.05) is 6.08 Å². The number of ether oxygens (including phenoxy) is 2. The predicted molar refractivity (Wildman–Crippen MR) is 34.9 cm³/mol. The van der Waals surface area contributed by atoms with Gasteiger partial charge in [-0.1, -0.05) is 6.92 Å². The van der Waals surface area contributed by atoms with Gasteiger partial charge in [0, 0.05) is 6.42 Å². The Morgan fingerprint density at radius 1 is 1.78 bits per heavy atom. The monoisotopic (exact) mass is 128 g/mol. The fraction of sp³-hybridized carbons (Fsp3) is 0.714. The number of rotatable bonds is 3. The molecule has 0 spiro atoms. The maximum Gasteiger partial charge on any atom is 0.275 e. The molecule has 0 bridgehead atoms. The molecule has 0 aromatic carbocycles. The molecule has 0 saturated carbocycles. The van der Waals surface area contributed by atoms with Gasteiger partial charge < -0.3 is 9.47 Å². The Morgan fingerprint density at radius 3 is 3.22 bits per heavy atom. The summed E-state index contributed by atoms with van der Waals surface area (Å²) in [6, 6.07) is 0. The van der Waals surface area contributed by atoms with Crippen molar-refractivity contribution >= 4 is 0 Å². The summed E-state index contributed by atoms with van der Waals surface area (Å²) in [4.78, 5) is 0. The maximum atomic E-state index is 5.19. The normalized spacial score (nSPS) is 16.8. The van der Waals surface area contributed by atoms with Gasteiger partial charge in [0.2, 0.25) is 0 Å². The van der Waals surface area contributed by atoms with Crippen LogP contribution >= 0.6 is 0 Å². The van der Waals surface area contributed by atoms with Crippen molar-refractivity contribution < 1.29 is 9.47 Å². The van der Waals surface area contributed by atoms with Crippen LogP contribution in [0.1, 0.15) is 19.8 Å². The van der Waals surface area contributed by atoms with Crippen LogP contribution in [0.2, 0.25) is 0 Å². The summed E-state index contributed by atoms with van der Waals surface area (Å²) >= 11 is 0. The summed E-state index contributed by atoms with van der Waals surface area (Å²) in [5, 5.41) is 0. The fourth-order valence-corrected chi connectivity index (χ4v) is 0.698. The molecular formula is C7H12O2. The average Bonchev–Trinajstić information content (AvgIpc) is 2.34. The molecule has 9 heavy (non-hydrogen) atoms. The summed E-state index contributed by atoms with van der Waals surface area (Å²) in [5.74, 6) is 0.719. The quantitative estimate of drug-likeness (QED) is 0.575. The molecule has 1 rings (SSSR count). The van der Waals surface area contributed by atoms with Gasteiger partial charge >= 0.3 is 0 Å². The first kappa shape index (κ1) is 6.46. The average molecular weight is 128 g/mol. The molecule has 0 aliphatic carbocycles. The van der Waals surface area contributed by atoms with Crippen LogP contribution in [0.3, 0.4) is 0 Å². The van der Waals surface area contributed by atoms with Crippen molar-refractivity contribution in [2.75, 3.05) is 13.2 Å². The molecule has 0 aromatic rings. The molecule has 0 N–H and O–H groups in total. The van der Waals surface area contributed by atoms with Crippen LogP contribution in [0.5, 0.6) is 0 Å². The molecular weight excluding hydrogens is 116 g/mol. The third kappa shape index (κ3) is 1.96. The van der Waals surface area contributed by atoms with Crippen molar-refractivity contribution in [3.8, 4) is 0 Å². The van der Waals surface area contributed by atoms with Crippen molar-refractivity contribution in [1.29, 1.82) is 0 Å². The highest BCUT2D eigenvalue weighted by Gasteiger charge is 2.03. The lowest BCUT2D eigenvalue weighted by atomic mass is 10.5. The van der Waals surface area contributed by atoms with Crippen LogP contribution in [0, 0.1) is 0 Å². The predicted octanol–water partition coefficient (Wildman–Crippen LogP) is 1.67. The molecule has 0 aromatic heterocycles. The van der Waals surface area contributed by atoms with Crippen LogP contribution in [0.15, 0.2) is 12.0 Å². The number of hydrogen-bond donors (Lipinski definition) is 0. The van der Waals surface area contributed by atoms with Crippen molar-refractivity contribution in [2.24, 2.45) is 0 Å². The molecule has 2 heteroatoms. The summed E-state index contributed by atoms with van der Waals surface area (Å²) < 4.78 is 10.3. The summed E-state index contributed by atoms with van der Waals surface area (Å²) in [7, 11) is 0. The van der Waals surface area contributed by atoms with Crippen molar-refractivity contribution in [2.45, 2.75) is 19.8 Å². The van der Waals surface area contributed by atoms with E-state index in [0.717, 1.165) is 32.0 Å². The Hall–Kier alpha value is -0.660. The van der Waals surface area contributed by atoms with Crippen LogP contribution in [0.25, 0.3) is 0 Å². The minimum atomic E-state index is 0.719. The van der Waals surface area contributed by atoms with Crippen LogP contribution < -0.4 is 0 Å². The Morgan fingerprint density at radius 2 is 2.67 bits per heavy atom. The summed E-state index contributed by atoms with van der Waals surface area (Å²) in [6.45, 7) is 3.64. The number of hydrogen-bond acceptors (Lipinski definition) is 2. The van der Waals surface area contributed by atoms with E-state index in [0.29, 0.717) is 0 Å². The highest BCUT2D eigenvalue weighted by atomic mass is 16.7. The van der Waals surface area contributed by atoms with Crippen LogP contribution in [-0.2, 0) is 9.47 Å². The Bertz CT molecular complexity index is 107. The van der Waals surface area contributed by atoms with Gasteiger partial charge in [-0.3, -0.25) is 0 Å². The summed E-state index contributed by atoms with van der Waals surface area (Å²) in [6.07, 6.45) is 4.02. The fourth-order valence-electron chi connectivity index (χ4n) is 0.698. The third-order valence-electron chi connectivity index (χ3n) is 1.12. The first-order valence-corrected chi connectivity index (χ1v) is 3.39. The summed E-state index contributed by atoms with van der Waals surface area (Å²) in [5.41, 5.74) is 0. The molecule has 2 nitrogen and oxygen atoms in total. The lowest BCUT2D eigenvalue weighted by molar-refractivity contribution is 0.0537. The van der Waals surface area contributed by atoms with Gasteiger partial charge in [0.1, 0.15) is 0 Å². The Kier molecular flexibility index (Phi) is 2.43. The SMILES string of the molecule is CCCOC1=CCCO1. The standard InChI is InChI=1S/C7H12O2/c1-2-5-8-7-4-3-6-9-7/h4H,2-3,5-6H2,1H3. The van der Waals surface area contributed by atoms with Gasteiger partial charge in [0.15, 0.2) is 0 Å². The molecule has 0 saturated heterocycles. The lowest BCUT2D eigenvalue weighted by Gasteiger charge is -2.03. The van der Waals surface area contributed by atoms with E-state index < -0.39 is 0 Å². The van der Waals surface area contributed by atoms with E-state index in [9.17, 15) is 0 Å². The second-order valence-electron chi connectivity index (χ2n) is 2.01. The van der Waals surface area contributed by atoms with Crippen LogP contribution in [0.4, 0.5) is 0 Å². The molecule has 0 atom stereocenters. The largest absolute Gasteiger partial charge is 0.466 e. The van der Waals surface area contributed by atoms with Gasteiger partial charge in [-0.15, -0.1) is 0 Å². The lowest BCUT2D eigenvalue weighted by Crippen LogP contribution is -1.93. The van der Waals surface area contributed by atoms with Crippen molar-refractivity contribution in [1.82, 2.24) is 0 Å². The topological polar surface area (TPSA) is 18.5 Å². The van der Waals surface area contributed by atoms with Crippen LogP contribution in [-0.4, -0.2) is 13.2 Å². The van der Waals surface area contributed by atoms with Gasteiger partial charge in [-0.25, -0.2) is 0 Å². The van der Waals surface area contributed by atoms with Crippen molar-refractivity contribution in [3.63, 3.8) is 0 Å². The van der Waals surface area contributed by atoms with E-state index in [1.165, 1.54) is 0 Å². The van der Waals surface area contributed by atoms with Crippen molar-refractivity contribution in [3.05, 3.63) is 12.0 Å². The second kappa shape index (κ2) is 3.38. The zero-order valence-corrected chi connectivity index (χ0v) is 5.72.